The van der Waals surface area contributed by atoms with Crippen LogP contribution >= 0.6 is 22.9 Å². The number of amides is 1. The highest BCUT2D eigenvalue weighted by Gasteiger charge is 2.16. The molecule has 5 aromatic rings. The van der Waals surface area contributed by atoms with Crippen molar-refractivity contribution in [3.05, 3.63) is 110 Å². The Morgan fingerprint density at radius 2 is 1.91 bits per heavy atom. The van der Waals surface area contributed by atoms with Crippen LogP contribution in [0.1, 0.15) is 64.2 Å². The Balaban J connectivity index is 1.30. The van der Waals surface area contributed by atoms with E-state index in [-0.39, 0.29) is 23.2 Å². The van der Waals surface area contributed by atoms with Gasteiger partial charge in [-0.05, 0) is 94.9 Å². The molecule has 5 rings (SSSR count). The minimum absolute atomic E-state index is 0.0346. The molecule has 0 unspecified atom stereocenters. The van der Waals surface area contributed by atoms with Crippen molar-refractivity contribution in [2.45, 2.75) is 44.1 Å². The third-order valence-electron chi connectivity index (χ3n) is 6.80. The van der Waals surface area contributed by atoms with Gasteiger partial charge in [0.15, 0.2) is 15.7 Å². The molecule has 0 fully saturated rings. The van der Waals surface area contributed by atoms with Crippen LogP contribution in [0.25, 0.3) is 12.2 Å². The number of nitrogens with zero attached hydrogens (tertiary/aromatic N) is 4. The van der Waals surface area contributed by atoms with E-state index in [9.17, 15) is 13.2 Å². The fraction of sp³-hybridized carbons (Fsp3) is 0.219. The predicted molar refractivity (Wildman–Crippen MR) is 176 cm³/mol. The Hall–Kier alpha value is -4.39. The molecular formula is C32H31ClN6O4S2. The summed E-state index contributed by atoms with van der Waals surface area (Å²) in [7, 11) is -3.47. The number of sulfone groups is 1. The first-order chi connectivity index (χ1) is 21.7. The topological polar surface area (TPSA) is 140 Å². The third-order valence-corrected chi connectivity index (χ3v) is 9.69. The van der Waals surface area contributed by atoms with Gasteiger partial charge in [-0.2, -0.15) is 0 Å². The molecule has 10 nitrogen and oxygen atoms in total. The van der Waals surface area contributed by atoms with Gasteiger partial charge in [0.05, 0.1) is 22.0 Å². The maximum absolute atomic E-state index is 13.4. The number of hydrogen-bond donors (Lipinski definition) is 2. The summed E-state index contributed by atoms with van der Waals surface area (Å²) in [5.41, 5.74) is 3.65. The number of aryl methyl sites for hydroxylation is 1. The van der Waals surface area contributed by atoms with Gasteiger partial charge in [-0.3, -0.25) is 4.79 Å². The van der Waals surface area contributed by atoms with Crippen molar-refractivity contribution in [3.63, 3.8) is 0 Å². The summed E-state index contributed by atoms with van der Waals surface area (Å²) in [6, 6.07) is 18.8. The molecule has 3 aromatic carbocycles. The van der Waals surface area contributed by atoms with Crippen LogP contribution in [-0.4, -0.2) is 45.7 Å². The van der Waals surface area contributed by atoms with Crippen molar-refractivity contribution in [1.82, 2.24) is 25.6 Å². The number of H-pyrrole nitrogens is 1. The highest BCUT2D eigenvalue weighted by molar-refractivity contribution is 7.91. The quantitative estimate of drug-likeness (QED) is 0.140. The Bertz CT molecular complexity index is 1890. The van der Waals surface area contributed by atoms with E-state index in [0.29, 0.717) is 46.6 Å². The first-order valence-corrected chi connectivity index (χ1v) is 17.1. The number of anilines is 1. The number of hydrogen-bond acceptors (Lipinski definition) is 9. The zero-order valence-corrected chi connectivity index (χ0v) is 27.0. The van der Waals surface area contributed by atoms with E-state index in [2.05, 4.69) is 50.2 Å². The molecule has 0 bridgehead atoms. The van der Waals surface area contributed by atoms with Crippen LogP contribution in [0.3, 0.4) is 0 Å². The van der Waals surface area contributed by atoms with Crippen molar-refractivity contribution in [1.29, 1.82) is 0 Å². The van der Waals surface area contributed by atoms with Gasteiger partial charge in [0.1, 0.15) is 17.4 Å². The van der Waals surface area contributed by atoms with Crippen LogP contribution in [0, 0.1) is 0 Å². The molecular weight excluding hydrogens is 632 g/mol. The van der Waals surface area contributed by atoms with Gasteiger partial charge in [0, 0.05) is 16.0 Å². The summed E-state index contributed by atoms with van der Waals surface area (Å²) in [4.78, 5) is 18.3. The molecule has 0 saturated heterocycles. The number of tetrazole rings is 1. The highest BCUT2D eigenvalue weighted by Crippen LogP contribution is 2.28. The Labute approximate surface area is 270 Å². The smallest absolute Gasteiger partial charge is 0.255 e. The molecule has 232 valence electrons. The molecule has 13 heteroatoms. The molecule has 0 saturated carbocycles. The molecule has 0 aliphatic rings. The van der Waals surface area contributed by atoms with Crippen LogP contribution < -0.4 is 10.1 Å². The van der Waals surface area contributed by atoms with Crippen LogP contribution in [0.2, 0.25) is 5.02 Å². The average molecular weight is 663 g/mol. The van der Waals surface area contributed by atoms with Gasteiger partial charge in [-0.1, -0.05) is 49.7 Å². The van der Waals surface area contributed by atoms with Crippen molar-refractivity contribution in [2.24, 2.45) is 0 Å². The van der Waals surface area contributed by atoms with Gasteiger partial charge in [-0.25, -0.2) is 18.5 Å². The number of rotatable bonds is 13. The average Bonchev–Trinajstić information content (AvgIpc) is 3.73. The molecule has 0 aliphatic heterocycles. The fourth-order valence-electron chi connectivity index (χ4n) is 4.36. The van der Waals surface area contributed by atoms with Crippen LogP contribution in [0.5, 0.6) is 5.75 Å². The number of halogens is 1. The van der Waals surface area contributed by atoms with Crippen molar-refractivity contribution < 1.29 is 17.9 Å². The summed E-state index contributed by atoms with van der Waals surface area (Å²) in [5, 5.41) is 20.0. The van der Waals surface area contributed by atoms with E-state index in [1.54, 1.807) is 47.7 Å². The second-order valence-corrected chi connectivity index (χ2v) is 14.0. The molecule has 2 heterocycles. The zero-order chi connectivity index (χ0) is 31.8. The Morgan fingerprint density at radius 1 is 1.09 bits per heavy atom. The Morgan fingerprint density at radius 3 is 2.64 bits per heavy atom. The van der Waals surface area contributed by atoms with Crippen LogP contribution in [0.4, 0.5) is 5.69 Å². The SMILES string of the molecule is CC(C)c1csc(C=Cc2cccc(C(=O)Nc3cc(CCCS(=O)(=O)c4ccc(Cl)cc4)ccc3OCc3nnn[nH]3)c2)n1. The van der Waals surface area contributed by atoms with E-state index in [1.807, 2.05) is 30.4 Å². The molecule has 2 N–H and O–H groups in total. The molecule has 0 spiro atoms. The molecule has 2 aromatic heterocycles. The van der Waals surface area contributed by atoms with Gasteiger partial charge in [0.25, 0.3) is 5.91 Å². The minimum Gasteiger partial charge on any atom is -0.483 e. The third kappa shape index (κ3) is 8.84. The summed E-state index contributed by atoms with van der Waals surface area (Å²) >= 11 is 7.48. The first-order valence-electron chi connectivity index (χ1n) is 14.2. The van der Waals surface area contributed by atoms with Crippen molar-refractivity contribution >= 4 is 56.5 Å². The van der Waals surface area contributed by atoms with E-state index in [0.717, 1.165) is 21.8 Å². The van der Waals surface area contributed by atoms with Crippen molar-refractivity contribution in [3.8, 4) is 5.75 Å². The number of thiazole rings is 1. The second-order valence-electron chi connectivity index (χ2n) is 10.5. The van der Waals surface area contributed by atoms with Gasteiger partial charge in [0.2, 0.25) is 0 Å². The maximum atomic E-state index is 13.4. The van der Waals surface area contributed by atoms with E-state index >= 15 is 0 Å². The van der Waals surface area contributed by atoms with Crippen LogP contribution in [-0.2, 0) is 22.9 Å². The number of benzene rings is 3. The number of ether oxygens (including phenoxy) is 1. The molecule has 0 aliphatic carbocycles. The lowest BCUT2D eigenvalue weighted by Crippen LogP contribution is -2.14. The summed E-state index contributed by atoms with van der Waals surface area (Å²) < 4.78 is 31.5. The largest absolute Gasteiger partial charge is 0.483 e. The minimum atomic E-state index is -3.47. The second kappa shape index (κ2) is 14.6. The number of aromatic amines is 1. The molecule has 45 heavy (non-hydrogen) atoms. The number of aromatic nitrogens is 5. The standard InChI is InChI=1S/C32H31ClN6O4S2/c1-21(2)28-20-44-31(34-28)15-9-22-5-3-7-24(17-22)32(40)35-27-18-23(8-14-29(27)43-19-30-36-38-39-37-30)6-4-16-45(41,42)26-12-10-25(33)11-13-26/h3,5,7-15,17-18,20-21H,4,6,16,19H2,1-2H3,(H,35,40)(H,36,37,38,39). The molecule has 0 atom stereocenters. The highest BCUT2D eigenvalue weighted by atomic mass is 35.5. The summed E-state index contributed by atoms with van der Waals surface area (Å²) in [6.45, 7) is 4.27. The first kappa shape index (κ1) is 32.0. The number of carbonyl (C=O) groups is 1. The number of carbonyl (C=O) groups excluding carboxylic acids is 1. The monoisotopic (exact) mass is 662 g/mol. The number of nitrogens with one attached hydrogen (secondary N) is 2. The van der Waals surface area contributed by atoms with Crippen molar-refractivity contribution in [2.75, 3.05) is 11.1 Å². The van der Waals surface area contributed by atoms with E-state index in [1.165, 1.54) is 12.1 Å². The Kier molecular flexibility index (Phi) is 10.4. The lowest BCUT2D eigenvalue weighted by Gasteiger charge is -2.14. The van der Waals surface area contributed by atoms with Gasteiger partial charge < -0.3 is 10.1 Å². The maximum Gasteiger partial charge on any atom is 0.255 e. The lowest BCUT2D eigenvalue weighted by molar-refractivity contribution is 0.102. The zero-order valence-electron chi connectivity index (χ0n) is 24.6. The lowest BCUT2D eigenvalue weighted by atomic mass is 10.1. The van der Waals surface area contributed by atoms with E-state index < -0.39 is 9.84 Å². The van der Waals surface area contributed by atoms with E-state index in [4.69, 9.17) is 16.3 Å². The molecule has 0 radical (unpaired) electrons. The fourth-order valence-corrected chi connectivity index (χ4v) is 6.66. The molecule has 1 amide bonds. The van der Waals surface area contributed by atoms with Crippen LogP contribution in [0.15, 0.2) is 77.0 Å². The van der Waals surface area contributed by atoms with Gasteiger partial charge >= 0.3 is 0 Å². The summed E-state index contributed by atoms with van der Waals surface area (Å²) in [6.07, 6.45) is 4.72. The predicted octanol–water partition coefficient (Wildman–Crippen LogP) is 6.84. The van der Waals surface area contributed by atoms with Gasteiger partial charge in [-0.15, -0.1) is 16.4 Å². The summed E-state index contributed by atoms with van der Waals surface area (Å²) in [5.74, 6) is 0.836. The normalized spacial score (nSPS) is 11.7.